The molecular weight excluding hydrogens is 553 g/mol. The van der Waals surface area contributed by atoms with Crippen LogP contribution in [0.15, 0.2) is 71.2 Å². The standard InChI is InChI=1S/C26H22BrClFN3O4/c27-18-3-10-23(22(29)12-18)31-24(33)15-36-21-8-6-20(7-9-21)32-14-17(11-25(32)34)26(35)30-13-16-1-4-19(28)5-2-16/h1-10,12,17H,11,13-15H2,(H,30,35)(H,31,33)/t17-/m0/s1. The van der Waals surface area contributed by atoms with Crippen LogP contribution in [0.5, 0.6) is 5.75 Å². The molecular formula is C26H22BrClFN3O4. The van der Waals surface area contributed by atoms with Gasteiger partial charge < -0.3 is 20.3 Å². The zero-order valence-corrected chi connectivity index (χ0v) is 21.3. The Kier molecular flexibility index (Phi) is 8.22. The highest BCUT2D eigenvalue weighted by atomic mass is 79.9. The molecule has 1 heterocycles. The maximum Gasteiger partial charge on any atom is 0.262 e. The van der Waals surface area contributed by atoms with Gasteiger partial charge in [-0.1, -0.05) is 39.7 Å². The molecule has 1 aliphatic heterocycles. The van der Waals surface area contributed by atoms with E-state index >= 15 is 0 Å². The molecule has 0 unspecified atom stereocenters. The Bertz CT molecular complexity index is 1270. The number of halogens is 3. The molecule has 186 valence electrons. The van der Waals surface area contributed by atoms with Crippen LogP contribution in [0.2, 0.25) is 5.02 Å². The molecule has 1 saturated heterocycles. The van der Waals surface area contributed by atoms with Gasteiger partial charge in [0.2, 0.25) is 11.8 Å². The molecule has 0 spiro atoms. The molecule has 3 amide bonds. The van der Waals surface area contributed by atoms with E-state index in [4.69, 9.17) is 16.3 Å². The highest BCUT2D eigenvalue weighted by Crippen LogP contribution is 2.27. The first-order valence-corrected chi connectivity index (χ1v) is 12.3. The third-order valence-corrected chi connectivity index (χ3v) is 6.34. The summed E-state index contributed by atoms with van der Waals surface area (Å²) >= 11 is 9.04. The number of carbonyl (C=O) groups excluding carboxylic acids is 3. The third kappa shape index (κ3) is 6.61. The zero-order valence-electron chi connectivity index (χ0n) is 19.0. The monoisotopic (exact) mass is 573 g/mol. The molecule has 0 bridgehead atoms. The van der Waals surface area contributed by atoms with Crippen LogP contribution in [0.25, 0.3) is 0 Å². The zero-order chi connectivity index (χ0) is 25.7. The van der Waals surface area contributed by atoms with Gasteiger partial charge in [0.1, 0.15) is 11.6 Å². The van der Waals surface area contributed by atoms with Crippen molar-refractivity contribution in [2.24, 2.45) is 5.92 Å². The van der Waals surface area contributed by atoms with Gasteiger partial charge >= 0.3 is 0 Å². The summed E-state index contributed by atoms with van der Waals surface area (Å²) in [6.45, 7) is 0.314. The maximum atomic E-state index is 13.9. The highest BCUT2D eigenvalue weighted by molar-refractivity contribution is 9.10. The molecule has 1 atom stereocenters. The van der Waals surface area contributed by atoms with Crippen LogP contribution in [0.4, 0.5) is 15.8 Å². The second-order valence-corrected chi connectivity index (χ2v) is 9.56. The van der Waals surface area contributed by atoms with Crippen molar-refractivity contribution in [2.75, 3.05) is 23.4 Å². The van der Waals surface area contributed by atoms with Crippen molar-refractivity contribution < 1.29 is 23.5 Å². The van der Waals surface area contributed by atoms with Gasteiger partial charge in [0.05, 0.1) is 11.6 Å². The van der Waals surface area contributed by atoms with Crippen molar-refractivity contribution in [1.29, 1.82) is 0 Å². The molecule has 2 N–H and O–H groups in total. The number of hydrogen-bond donors (Lipinski definition) is 2. The topological polar surface area (TPSA) is 87.7 Å². The normalized spacial score (nSPS) is 15.0. The lowest BCUT2D eigenvalue weighted by atomic mass is 10.1. The fourth-order valence-corrected chi connectivity index (χ4v) is 4.18. The average Bonchev–Trinajstić information content (AvgIpc) is 3.26. The smallest absolute Gasteiger partial charge is 0.262 e. The molecule has 1 fully saturated rings. The number of ether oxygens (including phenoxy) is 1. The predicted octanol–water partition coefficient (Wildman–Crippen LogP) is 4.93. The van der Waals surface area contributed by atoms with Gasteiger partial charge in [-0.05, 0) is 60.2 Å². The SMILES string of the molecule is O=C(COc1ccc(N2C[C@@H](C(=O)NCc3ccc(Cl)cc3)CC2=O)cc1)Nc1ccc(Br)cc1F. The Morgan fingerprint density at radius 1 is 1.08 bits per heavy atom. The second-order valence-electron chi connectivity index (χ2n) is 8.20. The maximum absolute atomic E-state index is 13.9. The van der Waals surface area contributed by atoms with Crippen LogP contribution in [0.3, 0.4) is 0 Å². The molecule has 0 aliphatic carbocycles. The first-order chi connectivity index (χ1) is 17.3. The van der Waals surface area contributed by atoms with E-state index in [9.17, 15) is 18.8 Å². The van der Waals surface area contributed by atoms with Crippen molar-refractivity contribution in [3.05, 3.63) is 87.6 Å². The van der Waals surface area contributed by atoms with Gasteiger partial charge in [0.25, 0.3) is 5.91 Å². The Hall–Kier alpha value is -3.43. The summed E-state index contributed by atoms with van der Waals surface area (Å²) in [6, 6.07) is 18.1. The number of carbonyl (C=O) groups is 3. The fraction of sp³-hybridized carbons (Fsp3) is 0.192. The van der Waals surface area contributed by atoms with Crippen molar-refractivity contribution in [3.8, 4) is 5.75 Å². The summed E-state index contributed by atoms with van der Waals surface area (Å²) < 4.78 is 19.9. The third-order valence-electron chi connectivity index (χ3n) is 5.60. The number of amides is 3. The fourth-order valence-electron chi connectivity index (χ4n) is 3.72. The molecule has 0 aromatic heterocycles. The largest absolute Gasteiger partial charge is 0.484 e. The number of hydrogen-bond acceptors (Lipinski definition) is 4. The van der Waals surface area contributed by atoms with E-state index < -0.39 is 17.6 Å². The van der Waals surface area contributed by atoms with Crippen LogP contribution in [-0.2, 0) is 20.9 Å². The van der Waals surface area contributed by atoms with Crippen molar-refractivity contribution in [3.63, 3.8) is 0 Å². The van der Waals surface area contributed by atoms with E-state index in [1.807, 2.05) is 12.1 Å². The van der Waals surface area contributed by atoms with Crippen LogP contribution < -0.4 is 20.3 Å². The summed E-state index contributed by atoms with van der Waals surface area (Å²) in [5.41, 5.74) is 1.60. The van der Waals surface area contributed by atoms with Crippen LogP contribution in [0.1, 0.15) is 12.0 Å². The minimum Gasteiger partial charge on any atom is -0.484 e. The molecule has 10 heteroatoms. The van der Waals surface area contributed by atoms with Crippen LogP contribution >= 0.6 is 27.5 Å². The summed E-state index contributed by atoms with van der Waals surface area (Å²) in [5, 5.41) is 5.94. The van der Waals surface area contributed by atoms with Crippen LogP contribution in [-0.4, -0.2) is 30.9 Å². The molecule has 3 aromatic rings. The molecule has 36 heavy (non-hydrogen) atoms. The number of nitrogens with zero attached hydrogens (tertiary/aromatic N) is 1. The number of rotatable bonds is 8. The number of benzene rings is 3. The Morgan fingerprint density at radius 2 is 1.81 bits per heavy atom. The Morgan fingerprint density at radius 3 is 2.50 bits per heavy atom. The van der Waals surface area contributed by atoms with E-state index in [1.165, 1.54) is 12.1 Å². The van der Waals surface area contributed by atoms with Gasteiger partial charge in [-0.15, -0.1) is 0 Å². The van der Waals surface area contributed by atoms with Crippen LogP contribution in [0, 0.1) is 11.7 Å². The number of anilines is 2. The second kappa shape index (κ2) is 11.5. The first kappa shape index (κ1) is 25.7. The van der Waals surface area contributed by atoms with Gasteiger partial charge in [-0.25, -0.2) is 4.39 Å². The highest BCUT2D eigenvalue weighted by Gasteiger charge is 2.35. The van der Waals surface area contributed by atoms with Gasteiger partial charge in [0.15, 0.2) is 6.61 Å². The molecule has 1 aliphatic rings. The van der Waals surface area contributed by atoms with E-state index in [1.54, 1.807) is 47.4 Å². The van der Waals surface area contributed by atoms with Crippen molar-refractivity contribution >= 4 is 56.6 Å². The van der Waals surface area contributed by atoms with Gasteiger partial charge in [0, 0.05) is 34.7 Å². The summed E-state index contributed by atoms with van der Waals surface area (Å²) in [6.07, 6.45) is 0.123. The van der Waals surface area contributed by atoms with E-state index in [2.05, 4.69) is 26.6 Å². The molecule has 0 radical (unpaired) electrons. The molecule has 4 rings (SSSR count). The Balaban J connectivity index is 1.27. The average molecular weight is 575 g/mol. The minimum atomic E-state index is -0.561. The summed E-state index contributed by atoms with van der Waals surface area (Å²) in [7, 11) is 0. The molecule has 0 saturated carbocycles. The lowest BCUT2D eigenvalue weighted by Crippen LogP contribution is -2.32. The summed E-state index contributed by atoms with van der Waals surface area (Å²) in [4.78, 5) is 38.8. The van der Waals surface area contributed by atoms with E-state index in [0.29, 0.717) is 27.5 Å². The van der Waals surface area contributed by atoms with Gasteiger partial charge in [-0.3, -0.25) is 14.4 Å². The minimum absolute atomic E-state index is 0.0569. The lowest BCUT2D eigenvalue weighted by molar-refractivity contribution is -0.126. The predicted molar refractivity (Wildman–Crippen MR) is 138 cm³/mol. The quantitative estimate of drug-likeness (QED) is 0.400. The van der Waals surface area contributed by atoms with Crippen molar-refractivity contribution in [1.82, 2.24) is 5.32 Å². The van der Waals surface area contributed by atoms with E-state index in [0.717, 1.165) is 5.56 Å². The number of nitrogens with one attached hydrogen (secondary N) is 2. The molecule has 7 nitrogen and oxygen atoms in total. The summed E-state index contributed by atoms with van der Waals surface area (Å²) in [5.74, 6) is -1.45. The lowest BCUT2D eigenvalue weighted by Gasteiger charge is -2.17. The molecule has 3 aromatic carbocycles. The first-order valence-electron chi connectivity index (χ1n) is 11.1. The Labute approximate surface area is 220 Å². The van der Waals surface area contributed by atoms with Gasteiger partial charge in [-0.2, -0.15) is 0 Å². The van der Waals surface area contributed by atoms with Crippen molar-refractivity contribution in [2.45, 2.75) is 13.0 Å². The van der Waals surface area contributed by atoms with E-state index in [-0.39, 0.29) is 37.1 Å².